The van der Waals surface area contributed by atoms with Crippen LogP contribution in [-0.4, -0.2) is 14.5 Å². The fourth-order valence-corrected chi connectivity index (χ4v) is 4.30. The Labute approximate surface area is 141 Å². The predicted molar refractivity (Wildman–Crippen MR) is 97.3 cm³/mol. The Kier molecular flexibility index (Phi) is 3.37. The summed E-state index contributed by atoms with van der Waals surface area (Å²) in [4.78, 5) is 20.2. The number of aromatic amines is 1. The van der Waals surface area contributed by atoms with Crippen LogP contribution in [0.2, 0.25) is 0 Å². The largest absolute Gasteiger partial charge is 0.310 e. The molecule has 4 heteroatoms. The number of fused-ring (bicyclic) bond motifs is 3. The second-order valence-electron chi connectivity index (χ2n) is 7.07. The molecule has 1 aliphatic carbocycles. The number of aromatic nitrogens is 3. The number of hydrogen-bond donors (Lipinski definition) is 1. The van der Waals surface area contributed by atoms with Crippen molar-refractivity contribution in [3.8, 4) is 5.69 Å². The number of rotatable bonds is 1. The lowest BCUT2D eigenvalue weighted by Crippen LogP contribution is -2.11. The summed E-state index contributed by atoms with van der Waals surface area (Å²) in [5.41, 5.74) is 8.21. The maximum absolute atomic E-state index is 12.6. The molecule has 124 valence electrons. The molecular formula is C20H23N3O. The number of nitrogens with zero attached hydrogens (tertiary/aromatic N) is 2. The molecule has 3 aromatic rings. The normalized spacial score (nSPS) is 14.2. The molecule has 0 fully saturated rings. The van der Waals surface area contributed by atoms with Gasteiger partial charge in [-0.15, -0.1) is 0 Å². The maximum Gasteiger partial charge on any atom is 0.260 e. The summed E-state index contributed by atoms with van der Waals surface area (Å²) in [6.45, 7) is 8.28. The van der Waals surface area contributed by atoms with Gasteiger partial charge in [0, 0.05) is 5.69 Å². The molecule has 0 spiro atoms. The van der Waals surface area contributed by atoms with Crippen molar-refractivity contribution >= 4 is 11.0 Å². The molecule has 0 aliphatic heterocycles. The highest BCUT2D eigenvalue weighted by Gasteiger charge is 2.25. The second kappa shape index (κ2) is 5.33. The third-order valence-electron chi connectivity index (χ3n) is 5.10. The van der Waals surface area contributed by atoms with Crippen LogP contribution >= 0.6 is 0 Å². The fraction of sp³-hybridized carbons (Fsp3) is 0.400. The van der Waals surface area contributed by atoms with E-state index in [9.17, 15) is 4.79 Å². The van der Waals surface area contributed by atoms with E-state index in [2.05, 4.69) is 42.5 Å². The predicted octanol–water partition coefficient (Wildman–Crippen LogP) is 3.83. The van der Waals surface area contributed by atoms with Crippen LogP contribution in [0.1, 0.15) is 46.6 Å². The van der Waals surface area contributed by atoms with Gasteiger partial charge in [-0.25, -0.2) is 4.98 Å². The van der Waals surface area contributed by atoms with E-state index in [0.717, 1.165) is 30.3 Å². The Hall–Kier alpha value is -2.36. The van der Waals surface area contributed by atoms with Gasteiger partial charge in [-0.05, 0) is 70.1 Å². The quantitative estimate of drug-likeness (QED) is 0.740. The molecule has 0 unspecified atom stereocenters. The van der Waals surface area contributed by atoms with Crippen molar-refractivity contribution in [1.29, 1.82) is 0 Å². The van der Waals surface area contributed by atoms with E-state index in [4.69, 9.17) is 4.98 Å². The molecular weight excluding hydrogens is 298 g/mol. The van der Waals surface area contributed by atoms with Gasteiger partial charge in [0.1, 0.15) is 5.82 Å². The van der Waals surface area contributed by atoms with Crippen molar-refractivity contribution in [3.05, 3.63) is 56.3 Å². The molecule has 2 heterocycles. The van der Waals surface area contributed by atoms with E-state index < -0.39 is 0 Å². The van der Waals surface area contributed by atoms with Crippen LogP contribution in [0.3, 0.4) is 0 Å². The zero-order valence-corrected chi connectivity index (χ0v) is 14.8. The van der Waals surface area contributed by atoms with Gasteiger partial charge in [0.05, 0.1) is 11.1 Å². The highest BCUT2D eigenvalue weighted by Crippen LogP contribution is 2.34. The molecule has 1 N–H and O–H groups in total. The van der Waals surface area contributed by atoms with Crippen LogP contribution in [0, 0.1) is 27.7 Å². The van der Waals surface area contributed by atoms with Crippen molar-refractivity contribution in [2.45, 2.75) is 53.4 Å². The highest BCUT2D eigenvalue weighted by atomic mass is 16.1. The summed E-state index contributed by atoms with van der Waals surface area (Å²) in [7, 11) is 0. The first kappa shape index (κ1) is 15.2. The lowest BCUT2D eigenvalue weighted by atomic mass is 9.96. The van der Waals surface area contributed by atoms with Gasteiger partial charge < -0.3 is 4.98 Å². The molecule has 2 aromatic heterocycles. The number of benzene rings is 1. The Bertz CT molecular complexity index is 1000. The number of H-pyrrole nitrogens is 1. The van der Waals surface area contributed by atoms with E-state index in [-0.39, 0.29) is 5.56 Å². The Morgan fingerprint density at radius 1 is 1.04 bits per heavy atom. The molecule has 0 amide bonds. The van der Waals surface area contributed by atoms with Crippen LogP contribution in [0.4, 0.5) is 0 Å². The van der Waals surface area contributed by atoms with E-state index in [1.165, 1.54) is 40.1 Å². The van der Waals surface area contributed by atoms with Gasteiger partial charge in [0.15, 0.2) is 5.65 Å². The number of aryl methyl sites for hydroxylation is 5. The zero-order valence-electron chi connectivity index (χ0n) is 14.8. The first-order valence-electron chi connectivity index (χ1n) is 8.68. The lowest BCUT2D eigenvalue weighted by Gasteiger charge is -2.19. The van der Waals surface area contributed by atoms with Crippen LogP contribution in [-0.2, 0) is 12.8 Å². The van der Waals surface area contributed by atoms with Crippen molar-refractivity contribution in [2.24, 2.45) is 0 Å². The second-order valence-corrected chi connectivity index (χ2v) is 7.07. The van der Waals surface area contributed by atoms with Crippen molar-refractivity contribution < 1.29 is 0 Å². The Morgan fingerprint density at radius 2 is 1.71 bits per heavy atom. The maximum atomic E-state index is 12.6. The molecule has 0 bridgehead atoms. The number of nitrogens with one attached hydrogen (secondary N) is 1. The van der Waals surface area contributed by atoms with Gasteiger partial charge in [-0.1, -0.05) is 17.7 Å². The lowest BCUT2D eigenvalue weighted by molar-refractivity contribution is 0.665. The summed E-state index contributed by atoms with van der Waals surface area (Å²) in [5, 5.41) is 0.787. The molecule has 0 atom stereocenters. The number of hydrogen-bond acceptors (Lipinski definition) is 2. The molecule has 0 saturated heterocycles. The Morgan fingerprint density at radius 3 is 2.42 bits per heavy atom. The SMILES string of the molecule is Cc1cc(C)c(-n2c3c(c4c(=O)[nH]c(C)nc42)CCCC3)c(C)c1. The summed E-state index contributed by atoms with van der Waals surface area (Å²) in [6.07, 6.45) is 4.29. The van der Waals surface area contributed by atoms with Gasteiger partial charge in [0.2, 0.25) is 0 Å². The third-order valence-corrected chi connectivity index (χ3v) is 5.10. The van der Waals surface area contributed by atoms with Gasteiger partial charge in [-0.3, -0.25) is 9.36 Å². The monoisotopic (exact) mass is 321 g/mol. The first-order chi connectivity index (χ1) is 11.5. The minimum Gasteiger partial charge on any atom is -0.310 e. The van der Waals surface area contributed by atoms with Crippen LogP contribution in [0.5, 0.6) is 0 Å². The minimum atomic E-state index is -0.00295. The molecule has 4 rings (SSSR count). The highest BCUT2D eigenvalue weighted by molar-refractivity contribution is 5.84. The van der Waals surface area contributed by atoms with E-state index in [1.54, 1.807) is 0 Å². The Balaban J connectivity index is 2.19. The van der Waals surface area contributed by atoms with Gasteiger partial charge in [-0.2, -0.15) is 0 Å². The minimum absolute atomic E-state index is 0.00295. The molecule has 0 saturated carbocycles. The molecule has 4 nitrogen and oxygen atoms in total. The van der Waals surface area contributed by atoms with E-state index in [0.29, 0.717) is 5.82 Å². The first-order valence-corrected chi connectivity index (χ1v) is 8.68. The van der Waals surface area contributed by atoms with Gasteiger partial charge in [0.25, 0.3) is 5.56 Å². The molecule has 0 radical (unpaired) electrons. The average molecular weight is 321 g/mol. The molecule has 24 heavy (non-hydrogen) atoms. The summed E-state index contributed by atoms with van der Waals surface area (Å²) < 4.78 is 2.26. The summed E-state index contributed by atoms with van der Waals surface area (Å²) >= 11 is 0. The average Bonchev–Trinajstić information content (AvgIpc) is 2.81. The standard InChI is InChI=1S/C20H23N3O/c1-11-9-12(2)18(13(3)10-11)23-16-8-6-5-7-15(16)17-19(23)21-14(4)22-20(17)24/h9-10H,5-8H2,1-4H3,(H,21,22,24). The third kappa shape index (κ3) is 2.13. The van der Waals surface area contributed by atoms with Crippen LogP contribution < -0.4 is 5.56 Å². The van der Waals surface area contributed by atoms with Crippen molar-refractivity contribution in [3.63, 3.8) is 0 Å². The van der Waals surface area contributed by atoms with E-state index >= 15 is 0 Å². The van der Waals surface area contributed by atoms with Crippen molar-refractivity contribution in [1.82, 2.24) is 14.5 Å². The molecule has 1 aliphatic rings. The summed E-state index contributed by atoms with van der Waals surface area (Å²) in [5.74, 6) is 0.672. The summed E-state index contributed by atoms with van der Waals surface area (Å²) in [6, 6.07) is 4.42. The van der Waals surface area contributed by atoms with Gasteiger partial charge >= 0.3 is 0 Å². The topological polar surface area (TPSA) is 50.7 Å². The molecule has 1 aromatic carbocycles. The fourth-order valence-electron chi connectivity index (χ4n) is 4.30. The zero-order chi connectivity index (χ0) is 17.0. The van der Waals surface area contributed by atoms with Crippen LogP contribution in [0.25, 0.3) is 16.7 Å². The van der Waals surface area contributed by atoms with Crippen LogP contribution in [0.15, 0.2) is 16.9 Å². The van der Waals surface area contributed by atoms with E-state index in [1.807, 2.05) is 6.92 Å². The van der Waals surface area contributed by atoms with Crippen molar-refractivity contribution in [2.75, 3.05) is 0 Å². The smallest absolute Gasteiger partial charge is 0.260 e.